The van der Waals surface area contributed by atoms with Gasteiger partial charge in [-0.2, -0.15) is 5.10 Å². The van der Waals surface area contributed by atoms with Crippen molar-refractivity contribution in [2.24, 2.45) is 7.05 Å². The Hall–Kier alpha value is -2.08. The zero-order valence-corrected chi connectivity index (χ0v) is 15.8. The molecule has 1 N–H and O–H groups in total. The number of amides is 1. The third-order valence-electron chi connectivity index (χ3n) is 5.77. The number of carbonyl (C=O) groups is 1. The molecule has 0 spiro atoms. The van der Waals surface area contributed by atoms with Gasteiger partial charge in [0.25, 0.3) is 5.91 Å². The molecular weight excluding hydrogens is 328 g/mol. The van der Waals surface area contributed by atoms with Crippen molar-refractivity contribution < 1.29 is 9.21 Å². The van der Waals surface area contributed by atoms with Crippen molar-refractivity contribution in [3.8, 4) is 0 Å². The summed E-state index contributed by atoms with van der Waals surface area (Å²) in [6, 6.07) is 4.36. The summed E-state index contributed by atoms with van der Waals surface area (Å²) in [7, 11) is 1.95. The number of piperidine rings is 1. The highest BCUT2D eigenvalue weighted by molar-refractivity contribution is 5.94. The van der Waals surface area contributed by atoms with E-state index in [-0.39, 0.29) is 5.91 Å². The molecule has 1 amide bonds. The summed E-state index contributed by atoms with van der Waals surface area (Å²) in [4.78, 5) is 15.4. The third kappa shape index (κ3) is 3.43. The van der Waals surface area contributed by atoms with Crippen LogP contribution in [0.1, 0.15) is 58.9 Å². The summed E-state index contributed by atoms with van der Waals surface area (Å²) >= 11 is 0. The maximum atomic E-state index is 12.8. The highest BCUT2D eigenvalue weighted by atomic mass is 16.3. The molecule has 1 aliphatic carbocycles. The van der Waals surface area contributed by atoms with E-state index < -0.39 is 0 Å². The summed E-state index contributed by atoms with van der Waals surface area (Å²) in [5.41, 5.74) is 2.95. The lowest BCUT2D eigenvalue weighted by atomic mass is 9.89. The highest BCUT2D eigenvalue weighted by Crippen LogP contribution is 2.28. The number of carbonyl (C=O) groups excluding carboxylic acids is 1. The third-order valence-corrected chi connectivity index (χ3v) is 5.77. The molecule has 0 bridgehead atoms. The van der Waals surface area contributed by atoms with Gasteiger partial charge in [0, 0.05) is 24.3 Å². The van der Waals surface area contributed by atoms with Crippen LogP contribution in [0.3, 0.4) is 0 Å². The smallest absolute Gasteiger partial charge is 0.272 e. The lowest BCUT2D eigenvalue weighted by Gasteiger charge is -2.36. The molecule has 1 aliphatic heterocycles. The molecule has 26 heavy (non-hydrogen) atoms. The zero-order chi connectivity index (χ0) is 18.1. The van der Waals surface area contributed by atoms with E-state index in [2.05, 4.69) is 15.3 Å². The molecule has 1 atom stereocenters. The van der Waals surface area contributed by atoms with E-state index >= 15 is 0 Å². The molecule has 4 rings (SSSR count). The number of rotatable bonds is 4. The Balaban J connectivity index is 1.48. The Morgan fingerprint density at radius 2 is 2.12 bits per heavy atom. The number of hydrogen-bond donors (Lipinski definition) is 1. The van der Waals surface area contributed by atoms with Gasteiger partial charge in [-0.25, -0.2) is 0 Å². The van der Waals surface area contributed by atoms with E-state index in [0.29, 0.717) is 18.3 Å². The fourth-order valence-corrected chi connectivity index (χ4v) is 4.38. The SMILES string of the molecule is Cc1ccc(CNC(=O)c2nn(C)c3c2CC(N2CCCCC2)CC3)o1. The Kier molecular flexibility index (Phi) is 4.85. The lowest BCUT2D eigenvalue weighted by Crippen LogP contribution is -2.42. The molecule has 6 heteroatoms. The lowest BCUT2D eigenvalue weighted by molar-refractivity contribution is 0.0940. The topological polar surface area (TPSA) is 63.3 Å². The highest BCUT2D eigenvalue weighted by Gasteiger charge is 2.31. The first-order valence-corrected chi connectivity index (χ1v) is 9.74. The van der Waals surface area contributed by atoms with Crippen molar-refractivity contribution in [2.45, 2.75) is 58.0 Å². The van der Waals surface area contributed by atoms with E-state index in [1.807, 2.05) is 30.8 Å². The van der Waals surface area contributed by atoms with Gasteiger partial charge in [-0.3, -0.25) is 9.48 Å². The Bertz CT molecular complexity index is 786. The van der Waals surface area contributed by atoms with Gasteiger partial charge in [-0.1, -0.05) is 6.42 Å². The number of furan rings is 1. The van der Waals surface area contributed by atoms with Crippen LogP contribution in [0.5, 0.6) is 0 Å². The molecule has 2 aliphatic rings. The van der Waals surface area contributed by atoms with Crippen LogP contribution in [0.2, 0.25) is 0 Å². The van der Waals surface area contributed by atoms with E-state index in [1.165, 1.54) is 44.5 Å². The first-order valence-electron chi connectivity index (χ1n) is 9.74. The molecule has 0 radical (unpaired) electrons. The molecule has 1 unspecified atom stereocenters. The molecule has 1 saturated heterocycles. The molecule has 1 fully saturated rings. The number of aryl methyl sites for hydroxylation is 2. The fourth-order valence-electron chi connectivity index (χ4n) is 4.38. The molecular formula is C20H28N4O2. The zero-order valence-electron chi connectivity index (χ0n) is 15.8. The average molecular weight is 356 g/mol. The maximum Gasteiger partial charge on any atom is 0.272 e. The van der Waals surface area contributed by atoms with Crippen LogP contribution in [-0.2, 0) is 26.4 Å². The largest absolute Gasteiger partial charge is 0.465 e. The van der Waals surface area contributed by atoms with Gasteiger partial charge in [0.05, 0.1) is 6.54 Å². The van der Waals surface area contributed by atoms with Crippen LogP contribution >= 0.6 is 0 Å². The van der Waals surface area contributed by atoms with Gasteiger partial charge in [0.15, 0.2) is 5.69 Å². The summed E-state index contributed by atoms with van der Waals surface area (Å²) in [6.45, 7) is 4.69. The minimum absolute atomic E-state index is 0.102. The number of hydrogen-bond acceptors (Lipinski definition) is 4. The van der Waals surface area contributed by atoms with E-state index in [0.717, 1.165) is 29.9 Å². The van der Waals surface area contributed by atoms with Crippen molar-refractivity contribution in [3.63, 3.8) is 0 Å². The quantitative estimate of drug-likeness (QED) is 0.915. The molecule has 2 aromatic rings. The van der Waals surface area contributed by atoms with Crippen LogP contribution in [0, 0.1) is 6.92 Å². The molecule has 3 heterocycles. The molecule has 0 aromatic carbocycles. The van der Waals surface area contributed by atoms with Crippen LogP contribution in [-0.4, -0.2) is 39.7 Å². The van der Waals surface area contributed by atoms with E-state index in [1.54, 1.807) is 0 Å². The van der Waals surface area contributed by atoms with Crippen LogP contribution < -0.4 is 5.32 Å². The summed E-state index contributed by atoms with van der Waals surface area (Å²) in [6.07, 6.45) is 7.05. The monoisotopic (exact) mass is 356 g/mol. The van der Waals surface area contributed by atoms with Gasteiger partial charge < -0.3 is 14.6 Å². The predicted octanol–water partition coefficient (Wildman–Crippen LogP) is 2.59. The second-order valence-electron chi connectivity index (χ2n) is 7.59. The molecule has 140 valence electrons. The number of aromatic nitrogens is 2. The molecule has 2 aromatic heterocycles. The first kappa shape index (κ1) is 17.3. The summed E-state index contributed by atoms with van der Waals surface area (Å²) in [5, 5.41) is 7.51. The van der Waals surface area contributed by atoms with Gasteiger partial charge in [0.2, 0.25) is 0 Å². The summed E-state index contributed by atoms with van der Waals surface area (Å²) in [5.74, 6) is 1.52. The Morgan fingerprint density at radius 1 is 1.31 bits per heavy atom. The Labute approximate surface area is 154 Å². The van der Waals surface area contributed by atoms with Gasteiger partial charge in [0.1, 0.15) is 11.5 Å². The van der Waals surface area contributed by atoms with Crippen LogP contribution in [0.15, 0.2) is 16.5 Å². The normalized spacial score (nSPS) is 20.8. The maximum absolute atomic E-state index is 12.8. The van der Waals surface area contributed by atoms with E-state index in [9.17, 15) is 4.79 Å². The van der Waals surface area contributed by atoms with Gasteiger partial charge in [-0.15, -0.1) is 0 Å². The van der Waals surface area contributed by atoms with Crippen LogP contribution in [0.4, 0.5) is 0 Å². The number of likely N-dealkylation sites (tertiary alicyclic amines) is 1. The minimum atomic E-state index is -0.102. The van der Waals surface area contributed by atoms with Crippen molar-refractivity contribution in [3.05, 3.63) is 40.6 Å². The first-order chi connectivity index (χ1) is 12.6. The Morgan fingerprint density at radius 3 is 2.85 bits per heavy atom. The second-order valence-corrected chi connectivity index (χ2v) is 7.59. The minimum Gasteiger partial charge on any atom is -0.465 e. The number of fused-ring (bicyclic) bond motifs is 1. The summed E-state index contributed by atoms with van der Waals surface area (Å²) < 4.78 is 7.43. The fraction of sp³-hybridized carbons (Fsp3) is 0.600. The second kappa shape index (κ2) is 7.27. The van der Waals surface area contributed by atoms with Gasteiger partial charge >= 0.3 is 0 Å². The number of nitrogens with one attached hydrogen (secondary N) is 1. The van der Waals surface area contributed by atoms with Crippen molar-refractivity contribution in [2.75, 3.05) is 13.1 Å². The average Bonchev–Trinajstić information content (AvgIpc) is 3.23. The number of nitrogens with zero attached hydrogens (tertiary/aromatic N) is 3. The van der Waals surface area contributed by atoms with Crippen molar-refractivity contribution in [1.29, 1.82) is 0 Å². The van der Waals surface area contributed by atoms with Crippen molar-refractivity contribution in [1.82, 2.24) is 20.0 Å². The predicted molar refractivity (Wildman–Crippen MR) is 99.1 cm³/mol. The van der Waals surface area contributed by atoms with Gasteiger partial charge in [-0.05, 0) is 64.3 Å². The molecule has 6 nitrogen and oxygen atoms in total. The molecule has 0 saturated carbocycles. The van der Waals surface area contributed by atoms with Crippen molar-refractivity contribution >= 4 is 5.91 Å². The van der Waals surface area contributed by atoms with E-state index in [4.69, 9.17) is 4.42 Å². The van der Waals surface area contributed by atoms with Crippen LogP contribution in [0.25, 0.3) is 0 Å². The standard InChI is InChI=1S/C20H28N4O2/c1-14-6-8-16(26-14)13-21-20(25)19-17-12-15(24-10-4-3-5-11-24)7-9-18(17)23(2)22-19/h6,8,15H,3-5,7,9-13H2,1-2H3,(H,21,25).